The summed E-state index contributed by atoms with van der Waals surface area (Å²) in [4.78, 5) is 5.02. The Bertz CT molecular complexity index is 9030. The van der Waals surface area contributed by atoms with Gasteiger partial charge in [0.1, 0.15) is 0 Å². The molecule has 0 radical (unpaired) electrons. The summed E-state index contributed by atoms with van der Waals surface area (Å²) in [7, 11) is 0. The van der Waals surface area contributed by atoms with Gasteiger partial charge >= 0.3 is 0 Å². The van der Waals surface area contributed by atoms with Crippen molar-refractivity contribution in [1.82, 2.24) is 0 Å². The first-order valence-electron chi connectivity index (χ1n) is 52.1. The van der Waals surface area contributed by atoms with Crippen LogP contribution in [0.2, 0.25) is 0 Å². The highest BCUT2D eigenvalue weighted by molar-refractivity contribution is 6.16. The summed E-state index contributed by atoms with van der Waals surface area (Å²) in [6.07, 6.45) is 0. The fourth-order valence-corrected chi connectivity index (χ4v) is 26.2. The molecule has 2 nitrogen and oxygen atoms in total. The number of nitrogens with zero attached hydrogens (tertiary/aromatic N) is 2. The molecule has 24 aromatic carbocycles. The molecule has 147 heavy (non-hydrogen) atoms. The number of hydrogen-bond donors (Lipinski definition) is 0. The van der Waals surface area contributed by atoms with Gasteiger partial charge in [-0.15, -0.1) is 0 Å². The Morgan fingerprint density at radius 2 is 0.313 bits per heavy atom. The van der Waals surface area contributed by atoms with Crippen LogP contribution in [-0.2, 0) is 27.1 Å². The molecule has 0 atom stereocenters. The van der Waals surface area contributed by atoms with Gasteiger partial charge in [0.25, 0.3) is 0 Å². The highest BCUT2D eigenvalue weighted by atomic mass is 15.1. The summed E-state index contributed by atoms with van der Waals surface area (Å²) < 4.78 is 0. The van der Waals surface area contributed by atoms with E-state index < -0.39 is 0 Å². The summed E-state index contributed by atoms with van der Waals surface area (Å²) in [5.41, 5.74) is 47.5. The Kier molecular flexibility index (Phi) is 19.6. The van der Waals surface area contributed by atoms with Gasteiger partial charge in [-0.05, 0) is 387 Å². The molecule has 5 aliphatic rings. The van der Waals surface area contributed by atoms with E-state index in [-0.39, 0.29) is 27.1 Å². The summed E-state index contributed by atoms with van der Waals surface area (Å²) in [6, 6.07) is 178. The van der Waals surface area contributed by atoms with Gasteiger partial charge in [0, 0.05) is 61.2 Å². The van der Waals surface area contributed by atoms with Crippen molar-refractivity contribution in [3.05, 3.63) is 529 Å². The second-order valence-corrected chi connectivity index (χ2v) is 44.2. The van der Waals surface area contributed by atoms with Crippen molar-refractivity contribution in [3.63, 3.8) is 0 Å². The van der Waals surface area contributed by atoms with Crippen LogP contribution >= 0.6 is 0 Å². The van der Waals surface area contributed by atoms with Gasteiger partial charge in [-0.2, -0.15) is 0 Å². The fraction of sp³-hybridized carbons (Fsp3) is 0.103. The maximum atomic E-state index is 2.54. The van der Waals surface area contributed by atoms with Crippen molar-refractivity contribution in [2.24, 2.45) is 0 Å². The third kappa shape index (κ3) is 13.8. The van der Waals surface area contributed by atoms with Crippen LogP contribution < -0.4 is 9.80 Å². The number of benzene rings is 24. The van der Waals surface area contributed by atoms with E-state index in [1.54, 1.807) is 0 Å². The molecule has 698 valence electrons. The quantitative estimate of drug-likeness (QED) is 0.113. The summed E-state index contributed by atoms with van der Waals surface area (Å²) >= 11 is 0. The van der Waals surface area contributed by atoms with Crippen molar-refractivity contribution in [3.8, 4) is 122 Å². The fourth-order valence-electron chi connectivity index (χ4n) is 26.2. The minimum atomic E-state index is -0.234. The summed E-state index contributed by atoms with van der Waals surface area (Å²) in [5.74, 6) is 0. The standard InChI is InChI=1S/C75H57N.C70H51N/c1-73(2)67-40-55(52-22-19-46-13-7-10-16-49(46)37-52)25-31-61(67)64-34-28-58(43-70(64)73)76(59-29-35-65-62-32-26-56(41-68(62)74(3,4)71(65)44-59)53-23-20-47-14-8-11-17-50(47)38-53)60-30-36-66-63-33-27-57(42-69(63)75(5,6)72(66)45-60)54-24-21-48-15-9-12-18-51(48)39-54;1-69(2)65-40-48(63-38-46-18-8-10-20-53(46)55-22-12-14-24-57(55)63)28-34-59(65)61-36-32-51(42-67(61)69)71(50-30-26-45(27-31-50)44-16-6-5-7-17-44)52-33-37-62-60-35-29-49(41-66(60)70(3,4)68(62)43-52)64-39-47-19-9-11-21-54(47)56-23-13-15-25-58(56)64/h7-45H,1-6H3;5-43H,1-4H3. The molecule has 0 saturated carbocycles. The van der Waals surface area contributed by atoms with E-state index >= 15 is 0 Å². The lowest BCUT2D eigenvalue weighted by molar-refractivity contribution is 0.659. The predicted octanol–water partition coefficient (Wildman–Crippen LogP) is 39.9. The Morgan fingerprint density at radius 3 is 0.619 bits per heavy atom. The van der Waals surface area contributed by atoms with Gasteiger partial charge in [0.15, 0.2) is 0 Å². The Labute approximate surface area is 860 Å². The van der Waals surface area contributed by atoms with Gasteiger partial charge in [0.05, 0.1) is 0 Å². The number of rotatable bonds is 12. The Morgan fingerprint density at radius 1 is 0.116 bits per heavy atom. The molecule has 29 rings (SSSR count). The molecule has 2 heteroatoms. The summed E-state index contributed by atoms with van der Waals surface area (Å²) in [6.45, 7) is 24.1. The van der Waals surface area contributed by atoms with Crippen LogP contribution in [0.4, 0.5) is 34.1 Å². The van der Waals surface area contributed by atoms with Crippen molar-refractivity contribution >= 4 is 110 Å². The average molecular weight is 1880 g/mol. The summed E-state index contributed by atoms with van der Waals surface area (Å²) in [5, 5.41) is 17.9. The highest BCUT2D eigenvalue weighted by Gasteiger charge is 2.44. The highest BCUT2D eigenvalue weighted by Crippen LogP contribution is 2.60. The van der Waals surface area contributed by atoms with E-state index in [1.165, 1.54) is 253 Å². The number of fused-ring (bicyclic) bond motifs is 24. The molecule has 0 spiro atoms. The maximum absolute atomic E-state index is 2.54. The molecule has 0 aliphatic heterocycles. The smallest absolute Gasteiger partial charge is 0.0465 e. The zero-order valence-corrected chi connectivity index (χ0v) is 84.4. The van der Waals surface area contributed by atoms with Crippen LogP contribution in [0.1, 0.15) is 125 Å². The number of hydrogen-bond acceptors (Lipinski definition) is 2. The van der Waals surface area contributed by atoms with E-state index in [0.29, 0.717) is 0 Å². The second kappa shape index (κ2) is 32.9. The molecule has 0 unspecified atom stereocenters. The third-order valence-corrected chi connectivity index (χ3v) is 34.2. The van der Waals surface area contributed by atoms with E-state index in [1.807, 2.05) is 0 Å². The zero-order valence-electron chi connectivity index (χ0n) is 84.4. The first-order chi connectivity index (χ1) is 71.6. The molecule has 24 aromatic rings. The lowest BCUT2D eigenvalue weighted by Crippen LogP contribution is -2.19. The maximum Gasteiger partial charge on any atom is 0.0465 e. The molecular formula is C145H108N2. The molecule has 0 fully saturated rings. The molecule has 0 N–H and O–H groups in total. The van der Waals surface area contributed by atoms with Gasteiger partial charge < -0.3 is 9.80 Å². The SMILES string of the molecule is CC1(C)c2cc(-c3cc4ccccc4c4ccccc34)ccc2-c2ccc(N(c3ccc(-c4ccccc4)cc3)c3ccc4c(c3)C(C)(C)c3cc(-c5cc6ccccc6c6ccccc56)ccc3-4)cc21.CC1(C)c2cc(-c3ccc4ccccc4c3)ccc2-c2ccc(N(c3ccc4c(c3)C(C)(C)c3cc(-c5ccc6ccccc6c5)ccc3-4)c3ccc4c(c3)C(C)(C)c3cc(-c5ccc6ccccc6c5)ccc3-4)cc21. The van der Waals surface area contributed by atoms with Crippen LogP contribution in [0.5, 0.6) is 0 Å². The minimum Gasteiger partial charge on any atom is -0.310 e. The van der Waals surface area contributed by atoms with E-state index in [9.17, 15) is 0 Å². The topological polar surface area (TPSA) is 6.48 Å². The normalized spacial score (nSPS) is 14.3. The van der Waals surface area contributed by atoms with Crippen LogP contribution in [0.3, 0.4) is 0 Å². The van der Waals surface area contributed by atoms with E-state index in [2.05, 4.69) is 552 Å². The van der Waals surface area contributed by atoms with Gasteiger partial charge in [-0.1, -0.05) is 409 Å². The van der Waals surface area contributed by atoms with E-state index in [0.717, 1.165) is 34.1 Å². The van der Waals surface area contributed by atoms with Crippen LogP contribution in [0, 0.1) is 0 Å². The molecule has 5 aliphatic carbocycles. The Hall–Kier alpha value is -17.3. The largest absolute Gasteiger partial charge is 0.310 e. The van der Waals surface area contributed by atoms with Crippen LogP contribution in [-0.4, -0.2) is 0 Å². The van der Waals surface area contributed by atoms with Crippen LogP contribution in [0.25, 0.3) is 198 Å². The number of anilines is 6. The molecule has 0 bridgehead atoms. The Balaban J connectivity index is 0.000000142. The van der Waals surface area contributed by atoms with E-state index in [4.69, 9.17) is 0 Å². The predicted molar refractivity (Wildman–Crippen MR) is 625 cm³/mol. The van der Waals surface area contributed by atoms with Gasteiger partial charge in [-0.25, -0.2) is 0 Å². The first kappa shape index (κ1) is 87.5. The zero-order chi connectivity index (χ0) is 98.8. The lowest BCUT2D eigenvalue weighted by Gasteiger charge is -2.31. The van der Waals surface area contributed by atoms with Gasteiger partial charge in [0.2, 0.25) is 0 Å². The van der Waals surface area contributed by atoms with Crippen molar-refractivity contribution < 1.29 is 0 Å². The second-order valence-electron chi connectivity index (χ2n) is 44.2. The monoisotopic (exact) mass is 1880 g/mol. The molecule has 0 saturated heterocycles. The first-order valence-corrected chi connectivity index (χ1v) is 52.1. The minimum absolute atomic E-state index is 0.228. The van der Waals surface area contributed by atoms with Gasteiger partial charge in [-0.3, -0.25) is 0 Å². The average Bonchev–Trinajstić information content (AvgIpc) is 1.56. The molecular weight excluding hydrogens is 1770 g/mol. The van der Waals surface area contributed by atoms with Crippen molar-refractivity contribution in [2.75, 3.05) is 9.80 Å². The third-order valence-electron chi connectivity index (χ3n) is 34.2. The molecule has 0 heterocycles. The van der Waals surface area contributed by atoms with Crippen LogP contribution in [0.15, 0.2) is 473 Å². The van der Waals surface area contributed by atoms with Crippen molar-refractivity contribution in [1.29, 1.82) is 0 Å². The molecule has 0 aromatic heterocycles. The lowest BCUT2D eigenvalue weighted by atomic mass is 9.80. The van der Waals surface area contributed by atoms with Crippen molar-refractivity contribution in [2.45, 2.75) is 96.3 Å². The molecule has 0 amide bonds.